The van der Waals surface area contributed by atoms with E-state index in [-0.39, 0.29) is 0 Å². The van der Waals surface area contributed by atoms with Gasteiger partial charge in [-0.15, -0.1) is 0 Å². The van der Waals surface area contributed by atoms with Crippen LogP contribution in [-0.2, 0) is 0 Å². The largest absolute Gasteiger partial charge is 0.370 e. The molecule has 0 aliphatic carbocycles. The molecule has 0 spiro atoms. The van der Waals surface area contributed by atoms with E-state index in [4.69, 9.17) is 11.6 Å². The number of pyridine rings is 1. The fraction of sp³-hybridized carbons (Fsp3) is 0.294. The summed E-state index contributed by atoms with van der Waals surface area (Å²) in [6, 6.07) is 7.97. The van der Waals surface area contributed by atoms with Crippen LogP contribution < -0.4 is 4.90 Å². The minimum absolute atomic E-state index is 0.450. The maximum absolute atomic E-state index is 6.18. The zero-order valence-electron chi connectivity index (χ0n) is 12.2. The molecule has 3 aromatic rings. The SMILES string of the molecule is Clc1ccc2nccc(N3CCC[C@@H](c4ncc[nH]4)C3)c2c1. The Labute approximate surface area is 134 Å². The van der Waals surface area contributed by atoms with Gasteiger partial charge < -0.3 is 9.88 Å². The number of aromatic amines is 1. The molecular formula is C17H17ClN4. The number of anilines is 1. The van der Waals surface area contributed by atoms with E-state index in [9.17, 15) is 0 Å². The number of hydrogen-bond donors (Lipinski definition) is 1. The molecule has 2 aromatic heterocycles. The van der Waals surface area contributed by atoms with E-state index >= 15 is 0 Å². The van der Waals surface area contributed by atoms with E-state index in [1.165, 1.54) is 12.1 Å². The first-order valence-corrected chi connectivity index (χ1v) is 7.97. The third kappa shape index (κ3) is 2.44. The number of imidazole rings is 1. The van der Waals surface area contributed by atoms with Crippen LogP contribution in [0.5, 0.6) is 0 Å². The Kier molecular flexibility index (Phi) is 3.47. The fourth-order valence-corrected chi connectivity index (χ4v) is 3.47. The summed E-state index contributed by atoms with van der Waals surface area (Å²) < 4.78 is 0. The van der Waals surface area contributed by atoms with Gasteiger partial charge in [-0.25, -0.2) is 4.98 Å². The molecule has 1 saturated heterocycles. The molecule has 0 unspecified atom stereocenters. The van der Waals surface area contributed by atoms with Crippen LogP contribution in [0.25, 0.3) is 10.9 Å². The first kappa shape index (κ1) is 13.6. The maximum atomic E-state index is 6.18. The van der Waals surface area contributed by atoms with Crippen molar-refractivity contribution in [2.24, 2.45) is 0 Å². The quantitative estimate of drug-likeness (QED) is 0.778. The Hall–Kier alpha value is -2.07. The summed E-state index contributed by atoms with van der Waals surface area (Å²) in [5, 5.41) is 1.87. The zero-order chi connectivity index (χ0) is 14.9. The van der Waals surface area contributed by atoms with E-state index in [1.54, 1.807) is 0 Å². The standard InChI is InChI=1S/C17H17ClN4/c18-13-3-4-15-14(10-13)16(5-6-19-15)22-9-1-2-12(11-22)17-20-7-8-21-17/h3-8,10,12H,1-2,9,11H2,(H,20,21)/t12-/m1/s1. The highest BCUT2D eigenvalue weighted by Gasteiger charge is 2.24. The first-order chi connectivity index (χ1) is 10.8. The summed E-state index contributed by atoms with van der Waals surface area (Å²) in [6.07, 6.45) is 7.94. The average Bonchev–Trinajstić information content (AvgIpc) is 3.09. The number of fused-ring (bicyclic) bond motifs is 1. The number of aromatic nitrogens is 3. The predicted molar refractivity (Wildman–Crippen MR) is 89.5 cm³/mol. The molecule has 1 N–H and O–H groups in total. The van der Waals surface area contributed by atoms with Gasteiger partial charge >= 0.3 is 0 Å². The lowest BCUT2D eigenvalue weighted by Gasteiger charge is -2.34. The van der Waals surface area contributed by atoms with Crippen molar-refractivity contribution in [3.8, 4) is 0 Å². The number of hydrogen-bond acceptors (Lipinski definition) is 3. The van der Waals surface area contributed by atoms with Gasteiger partial charge in [-0.3, -0.25) is 4.98 Å². The molecule has 0 amide bonds. The maximum Gasteiger partial charge on any atom is 0.110 e. The van der Waals surface area contributed by atoms with Crippen molar-refractivity contribution in [3.05, 3.63) is 53.7 Å². The van der Waals surface area contributed by atoms with Gasteiger partial charge in [-0.1, -0.05) is 11.6 Å². The van der Waals surface area contributed by atoms with Crippen molar-refractivity contribution in [1.82, 2.24) is 15.0 Å². The van der Waals surface area contributed by atoms with E-state index in [2.05, 4.69) is 25.9 Å². The van der Waals surface area contributed by atoms with Gasteiger partial charge in [-0.05, 0) is 37.1 Å². The highest BCUT2D eigenvalue weighted by Crippen LogP contribution is 2.33. The third-order valence-corrected chi connectivity index (χ3v) is 4.58. The molecule has 0 bridgehead atoms. The minimum atomic E-state index is 0.450. The van der Waals surface area contributed by atoms with Crippen LogP contribution in [-0.4, -0.2) is 28.0 Å². The highest BCUT2D eigenvalue weighted by atomic mass is 35.5. The Morgan fingerprint density at radius 1 is 1.18 bits per heavy atom. The average molecular weight is 313 g/mol. The van der Waals surface area contributed by atoms with Crippen LogP contribution in [0.3, 0.4) is 0 Å². The fourth-order valence-electron chi connectivity index (χ4n) is 3.30. The molecule has 3 heterocycles. The molecule has 4 nitrogen and oxygen atoms in total. The van der Waals surface area contributed by atoms with Crippen LogP contribution in [0.2, 0.25) is 5.02 Å². The second kappa shape index (κ2) is 5.61. The van der Waals surface area contributed by atoms with Crippen molar-refractivity contribution >= 4 is 28.2 Å². The Bertz CT molecular complexity index is 784. The van der Waals surface area contributed by atoms with Gasteiger partial charge in [0.15, 0.2) is 0 Å². The van der Waals surface area contributed by atoms with Crippen molar-refractivity contribution < 1.29 is 0 Å². The summed E-state index contributed by atoms with van der Waals surface area (Å²) in [5.74, 6) is 1.53. The van der Waals surface area contributed by atoms with Crippen molar-refractivity contribution in [1.29, 1.82) is 0 Å². The van der Waals surface area contributed by atoms with Crippen LogP contribution in [0, 0.1) is 0 Å². The molecular weight excluding hydrogens is 296 g/mol. The van der Waals surface area contributed by atoms with Crippen LogP contribution in [0.1, 0.15) is 24.6 Å². The number of piperidine rings is 1. The van der Waals surface area contributed by atoms with Crippen LogP contribution >= 0.6 is 11.6 Å². The third-order valence-electron chi connectivity index (χ3n) is 4.35. The number of nitrogens with zero attached hydrogens (tertiary/aromatic N) is 3. The van der Waals surface area contributed by atoms with Crippen molar-refractivity contribution in [2.75, 3.05) is 18.0 Å². The molecule has 1 aliphatic heterocycles. The van der Waals surface area contributed by atoms with Crippen molar-refractivity contribution in [2.45, 2.75) is 18.8 Å². The molecule has 1 atom stereocenters. The summed E-state index contributed by atoms with van der Waals surface area (Å²) in [6.45, 7) is 2.03. The molecule has 5 heteroatoms. The smallest absolute Gasteiger partial charge is 0.110 e. The number of halogens is 1. The number of H-pyrrole nitrogens is 1. The number of benzene rings is 1. The summed E-state index contributed by atoms with van der Waals surface area (Å²) in [7, 11) is 0. The number of rotatable bonds is 2. The monoisotopic (exact) mass is 312 g/mol. The van der Waals surface area contributed by atoms with Gasteiger partial charge in [0, 0.05) is 53.7 Å². The lowest BCUT2D eigenvalue weighted by molar-refractivity contribution is 0.495. The Morgan fingerprint density at radius 2 is 2.14 bits per heavy atom. The summed E-state index contributed by atoms with van der Waals surface area (Å²) in [4.78, 5) is 14.6. The topological polar surface area (TPSA) is 44.8 Å². The van der Waals surface area contributed by atoms with E-state index < -0.39 is 0 Å². The Morgan fingerprint density at radius 3 is 3.00 bits per heavy atom. The highest BCUT2D eigenvalue weighted by molar-refractivity contribution is 6.31. The summed E-state index contributed by atoms with van der Waals surface area (Å²) >= 11 is 6.18. The molecule has 112 valence electrons. The molecule has 1 aromatic carbocycles. The lowest BCUT2D eigenvalue weighted by Crippen LogP contribution is -2.34. The van der Waals surface area contributed by atoms with Gasteiger partial charge in [0.05, 0.1) is 5.52 Å². The van der Waals surface area contributed by atoms with Gasteiger partial charge in [0.1, 0.15) is 5.82 Å². The molecule has 22 heavy (non-hydrogen) atoms. The molecule has 0 radical (unpaired) electrons. The second-order valence-electron chi connectivity index (χ2n) is 5.75. The second-order valence-corrected chi connectivity index (χ2v) is 6.19. The minimum Gasteiger partial charge on any atom is -0.370 e. The van der Waals surface area contributed by atoms with Crippen LogP contribution in [0.4, 0.5) is 5.69 Å². The summed E-state index contributed by atoms with van der Waals surface area (Å²) in [5.41, 5.74) is 2.20. The Balaban J connectivity index is 1.70. The van der Waals surface area contributed by atoms with E-state index in [1.807, 2.05) is 36.8 Å². The lowest BCUT2D eigenvalue weighted by atomic mass is 9.96. The van der Waals surface area contributed by atoms with Gasteiger partial charge in [0.2, 0.25) is 0 Å². The first-order valence-electron chi connectivity index (χ1n) is 7.60. The van der Waals surface area contributed by atoms with E-state index in [0.29, 0.717) is 5.92 Å². The molecule has 0 saturated carbocycles. The van der Waals surface area contributed by atoms with Gasteiger partial charge in [0.25, 0.3) is 0 Å². The normalized spacial score (nSPS) is 18.8. The molecule has 1 fully saturated rings. The molecule has 4 rings (SSSR count). The van der Waals surface area contributed by atoms with Crippen molar-refractivity contribution in [3.63, 3.8) is 0 Å². The van der Waals surface area contributed by atoms with Crippen LogP contribution in [0.15, 0.2) is 42.9 Å². The zero-order valence-corrected chi connectivity index (χ0v) is 12.9. The molecule has 1 aliphatic rings. The number of nitrogens with one attached hydrogen (secondary N) is 1. The van der Waals surface area contributed by atoms with Gasteiger partial charge in [-0.2, -0.15) is 0 Å². The van der Waals surface area contributed by atoms with E-state index in [0.717, 1.165) is 41.3 Å². The predicted octanol–water partition coefficient (Wildman–Crippen LogP) is 4.00.